The Hall–Kier alpha value is -2.13. The molecule has 2 atom stereocenters. The second-order valence-corrected chi connectivity index (χ2v) is 6.27. The highest BCUT2D eigenvalue weighted by Crippen LogP contribution is 2.33. The number of carbonyl (C=O) groups excluding carboxylic acids is 2. The lowest BCUT2D eigenvalue weighted by atomic mass is 10.1. The van der Waals surface area contributed by atoms with Crippen LogP contribution in [0.1, 0.15) is 12.0 Å². The number of ether oxygens (including phenoxy) is 2. The zero-order valence-electron chi connectivity index (χ0n) is 13.9. The van der Waals surface area contributed by atoms with Gasteiger partial charge >= 0.3 is 6.18 Å². The maximum Gasteiger partial charge on any atom is 0.416 e. The highest BCUT2D eigenvalue weighted by molar-refractivity contribution is 6.00. The fraction of sp³-hybridized carbons (Fsp3) is 0.529. The summed E-state index contributed by atoms with van der Waals surface area (Å²) in [5.74, 6) is -1.30. The van der Waals surface area contributed by atoms with Gasteiger partial charge in [-0.1, -0.05) is 6.07 Å². The molecule has 2 aliphatic heterocycles. The topological polar surface area (TPSA) is 67.9 Å². The summed E-state index contributed by atoms with van der Waals surface area (Å²) in [6.45, 7) is 1.70. The van der Waals surface area contributed by atoms with E-state index < -0.39 is 17.7 Å². The van der Waals surface area contributed by atoms with E-state index in [-0.39, 0.29) is 43.1 Å². The molecule has 2 amide bonds. The number of benzene rings is 1. The van der Waals surface area contributed by atoms with Crippen LogP contribution in [0.2, 0.25) is 0 Å². The van der Waals surface area contributed by atoms with Gasteiger partial charge in [0.15, 0.2) is 0 Å². The van der Waals surface area contributed by atoms with Gasteiger partial charge in [-0.05, 0) is 18.2 Å². The predicted octanol–water partition coefficient (Wildman–Crippen LogP) is 1.59. The monoisotopic (exact) mass is 372 g/mol. The van der Waals surface area contributed by atoms with Gasteiger partial charge in [-0.2, -0.15) is 13.2 Å². The lowest BCUT2D eigenvalue weighted by molar-refractivity contribution is -0.137. The average molecular weight is 372 g/mol. The van der Waals surface area contributed by atoms with Crippen LogP contribution in [0.5, 0.6) is 0 Å². The standard InChI is InChI=1S/C17H19F3N2O4/c18-17(19,20)12-2-1-3-13(7-12)22-9-11(6-15(22)23)16(24)21-8-14-10-25-4-5-26-14/h1-3,7,11,14H,4-6,8-10H2,(H,21,24)/t11-,14-/m0/s1. The summed E-state index contributed by atoms with van der Waals surface area (Å²) >= 11 is 0. The number of nitrogens with zero attached hydrogens (tertiary/aromatic N) is 1. The molecule has 0 aromatic heterocycles. The fourth-order valence-corrected chi connectivity index (χ4v) is 3.00. The molecule has 2 fully saturated rings. The molecule has 142 valence electrons. The zero-order chi connectivity index (χ0) is 18.7. The van der Waals surface area contributed by atoms with E-state index in [9.17, 15) is 22.8 Å². The smallest absolute Gasteiger partial charge is 0.376 e. The lowest BCUT2D eigenvalue weighted by Gasteiger charge is -2.23. The van der Waals surface area contributed by atoms with Crippen LogP contribution in [0.25, 0.3) is 0 Å². The van der Waals surface area contributed by atoms with Gasteiger partial charge in [0.1, 0.15) is 0 Å². The average Bonchev–Trinajstić information content (AvgIpc) is 3.02. The third-order valence-corrected chi connectivity index (χ3v) is 4.37. The second-order valence-electron chi connectivity index (χ2n) is 6.27. The quantitative estimate of drug-likeness (QED) is 0.872. The molecule has 1 aromatic carbocycles. The van der Waals surface area contributed by atoms with Gasteiger partial charge in [0.05, 0.1) is 37.4 Å². The molecule has 2 aliphatic rings. The van der Waals surface area contributed by atoms with Crippen molar-refractivity contribution in [3.8, 4) is 0 Å². The molecule has 2 saturated heterocycles. The maximum absolute atomic E-state index is 12.8. The highest BCUT2D eigenvalue weighted by atomic mass is 19.4. The molecule has 0 radical (unpaired) electrons. The van der Waals surface area contributed by atoms with Crippen LogP contribution in [0.15, 0.2) is 24.3 Å². The van der Waals surface area contributed by atoms with Crippen LogP contribution >= 0.6 is 0 Å². The molecule has 2 heterocycles. The van der Waals surface area contributed by atoms with E-state index in [2.05, 4.69) is 5.32 Å². The number of hydrogen-bond acceptors (Lipinski definition) is 4. The Morgan fingerprint density at radius 2 is 2.12 bits per heavy atom. The summed E-state index contributed by atoms with van der Waals surface area (Å²) in [4.78, 5) is 25.7. The first-order valence-electron chi connectivity index (χ1n) is 8.29. The number of nitrogens with one attached hydrogen (secondary N) is 1. The van der Waals surface area contributed by atoms with Crippen molar-refractivity contribution >= 4 is 17.5 Å². The maximum atomic E-state index is 12.8. The number of halogens is 3. The van der Waals surface area contributed by atoms with Crippen molar-refractivity contribution in [1.29, 1.82) is 0 Å². The molecule has 0 saturated carbocycles. The molecule has 9 heteroatoms. The molecule has 0 aliphatic carbocycles. The third-order valence-electron chi connectivity index (χ3n) is 4.37. The zero-order valence-corrected chi connectivity index (χ0v) is 13.9. The van der Waals surface area contributed by atoms with Gasteiger partial charge < -0.3 is 19.7 Å². The first kappa shape index (κ1) is 18.7. The van der Waals surface area contributed by atoms with Crippen LogP contribution in [0.4, 0.5) is 18.9 Å². The number of amides is 2. The summed E-state index contributed by atoms with van der Waals surface area (Å²) in [6.07, 6.45) is -4.76. The first-order chi connectivity index (χ1) is 12.3. The molecule has 0 unspecified atom stereocenters. The Balaban J connectivity index is 1.60. The van der Waals surface area contributed by atoms with Crippen LogP contribution in [-0.2, 0) is 25.2 Å². The highest BCUT2D eigenvalue weighted by Gasteiger charge is 2.37. The molecule has 6 nitrogen and oxygen atoms in total. The number of anilines is 1. The van der Waals surface area contributed by atoms with Gasteiger partial charge in [-0.3, -0.25) is 9.59 Å². The Morgan fingerprint density at radius 1 is 1.31 bits per heavy atom. The summed E-state index contributed by atoms with van der Waals surface area (Å²) < 4.78 is 49.2. The third kappa shape index (κ3) is 4.34. The van der Waals surface area contributed by atoms with E-state index in [0.29, 0.717) is 19.8 Å². The minimum Gasteiger partial charge on any atom is -0.376 e. The van der Waals surface area contributed by atoms with Gasteiger partial charge in [0.25, 0.3) is 0 Å². The predicted molar refractivity (Wildman–Crippen MR) is 85.5 cm³/mol. The van der Waals surface area contributed by atoms with E-state index in [1.807, 2.05) is 0 Å². The van der Waals surface area contributed by atoms with Crippen LogP contribution in [-0.4, -0.2) is 50.8 Å². The second kappa shape index (κ2) is 7.63. The molecule has 1 aromatic rings. The molecule has 1 N–H and O–H groups in total. The van der Waals surface area contributed by atoms with Crippen LogP contribution < -0.4 is 10.2 Å². The van der Waals surface area contributed by atoms with Gasteiger partial charge in [-0.25, -0.2) is 0 Å². The SMILES string of the molecule is O=C(NC[C@H]1COCCO1)[C@H]1CC(=O)N(c2cccc(C(F)(F)F)c2)C1. The summed E-state index contributed by atoms with van der Waals surface area (Å²) in [5, 5.41) is 2.72. The van der Waals surface area contributed by atoms with Crippen LogP contribution in [0, 0.1) is 5.92 Å². The van der Waals surface area contributed by atoms with E-state index in [4.69, 9.17) is 9.47 Å². The largest absolute Gasteiger partial charge is 0.416 e. The van der Waals surface area contributed by atoms with E-state index in [1.165, 1.54) is 17.0 Å². The molecule has 26 heavy (non-hydrogen) atoms. The van der Waals surface area contributed by atoms with Crippen molar-refractivity contribution in [3.05, 3.63) is 29.8 Å². The lowest BCUT2D eigenvalue weighted by Crippen LogP contribution is -2.42. The normalized spacial score (nSPS) is 24.0. The van der Waals surface area contributed by atoms with Crippen molar-refractivity contribution < 1.29 is 32.2 Å². The molecule has 0 spiro atoms. The number of rotatable bonds is 4. The van der Waals surface area contributed by atoms with Crippen LogP contribution in [0.3, 0.4) is 0 Å². The van der Waals surface area contributed by atoms with E-state index in [1.54, 1.807) is 0 Å². The summed E-state index contributed by atoms with van der Waals surface area (Å²) in [7, 11) is 0. The minimum atomic E-state index is -4.49. The number of carbonyl (C=O) groups is 2. The summed E-state index contributed by atoms with van der Waals surface area (Å²) in [6, 6.07) is 4.55. The first-order valence-corrected chi connectivity index (χ1v) is 8.29. The van der Waals surface area contributed by atoms with E-state index >= 15 is 0 Å². The molecular weight excluding hydrogens is 353 g/mol. The van der Waals surface area contributed by atoms with Gasteiger partial charge in [0.2, 0.25) is 11.8 Å². The Morgan fingerprint density at radius 3 is 2.81 bits per heavy atom. The van der Waals surface area contributed by atoms with Crippen molar-refractivity contribution in [3.63, 3.8) is 0 Å². The van der Waals surface area contributed by atoms with Crippen molar-refractivity contribution in [2.24, 2.45) is 5.92 Å². The van der Waals surface area contributed by atoms with E-state index in [0.717, 1.165) is 12.1 Å². The Kier molecular flexibility index (Phi) is 5.47. The minimum absolute atomic E-state index is 0.0376. The van der Waals surface area contributed by atoms with Crippen molar-refractivity contribution in [2.75, 3.05) is 37.8 Å². The molecular formula is C17H19F3N2O4. The Labute approximate surface area is 148 Å². The Bertz CT molecular complexity index is 674. The summed E-state index contributed by atoms with van der Waals surface area (Å²) in [5.41, 5.74) is -0.686. The fourth-order valence-electron chi connectivity index (χ4n) is 3.00. The number of hydrogen-bond donors (Lipinski definition) is 1. The molecule has 3 rings (SSSR count). The number of alkyl halides is 3. The van der Waals surface area contributed by atoms with Crippen molar-refractivity contribution in [1.82, 2.24) is 5.32 Å². The van der Waals surface area contributed by atoms with Gasteiger partial charge in [0, 0.05) is 25.2 Å². The van der Waals surface area contributed by atoms with Gasteiger partial charge in [-0.15, -0.1) is 0 Å². The van der Waals surface area contributed by atoms with Crippen molar-refractivity contribution in [2.45, 2.75) is 18.7 Å². The molecule has 0 bridgehead atoms.